The Bertz CT molecular complexity index is 1120. The van der Waals surface area contributed by atoms with E-state index in [1.54, 1.807) is 0 Å². The topological polar surface area (TPSA) is 38.7 Å². The van der Waals surface area contributed by atoms with Crippen molar-refractivity contribution in [1.82, 2.24) is 14.9 Å². The molecule has 0 spiro atoms. The fraction of sp³-hybridized carbons (Fsp3) is 0.304. The molecule has 29 heavy (non-hydrogen) atoms. The number of para-hydroxylation sites is 2. The Balaban J connectivity index is 1.65. The van der Waals surface area contributed by atoms with Crippen molar-refractivity contribution in [3.05, 3.63) is 60.4 Å². The van der Waals surface area contributed by atoms with Gasteiger partial charge in [0.05, 0.1) is 11.0 Å². The molecule has 0 aliphatic carbocycles. The second kappa shape index (κ2) is 6.37. The molecule has 3 aromatic rings. The molecule has 6 nitrogen and oxygen atoms in total. The van der Waals surface area contributed by atoms with Gasteiger partial charge in [-0.05, 0) is 50.6 Å². The number of hydrogen-bond acceptors (Lipinski definition) is 6. The predicted molar refractivity (Wildman–Crippen MR) is 120 cm³/mol. The van der Waals surface area contributed by atoms with Crippen LogP contribution in [0.3, 0.4) is 0 Å². The lowest BCUT2D eigenvalue weighted by atomic mass is 10.1. The Hall–Kier alpha value is -3.28. The highest BCUT2D eigenvalue weighted by atomic mass is 15.5. The van der Waals surface area contributed by atoms with Crippen LogP contribution in [-0.2, 0) is 0 Å². The molecule has 0 unspecified atom stereocenters. The molecule has 0 radical (unpaired) electrons. The van der Waals surface area contributed by atoms with Crippen LogP contribution in [0.5, 0.6) is 0 Å². The Morgan fingerprint density at radius 3 is 2.07 bits per heavy atom. The standard InChI is InChI=1S/C23H26N6/c1-15-20(28-14-13-26(4)16(28)2)11-8-12-21(15)29-17(3)27(5)22-23(29)25-19-10-7-6-9-18(19)24-22/h6-14,16-17H,1-5H3/t16-,17+/m1/s1. The maximum atomic E-state index is 5.00. The molecule has 148 valence electrons. The van der Waals surface area contributed by atoms with Gasteiger partial charge in [-0.15, -0.1) is 0 Å². The largest absolute Gasteiger partial charge is 0.359 e. The highest BCUT2D eigenvalue weighted by Crippen LogP contribution is 2.44. The molecule has 2 aliphatic heterocycles. The van der Waals surface area contributed by atoms with Gasteiger partial charge in [0.2, 0.25) is 0 Å². The fourth-order valence-corrected chi connectivity index (χ4v) is 4.28. The van der Waals surface area contributed by atoms with Gasteiger partial charge in [0.1, 0.15) is 12.3 Å². The van der Waals surface area contributed by atoms with Crippen LogP contribution in [0.25, 0.3) is 11.0 Å². The highest BCUT2D eigenvalue weighted by molar-refractivity contribution is 5.87. The third-order valence-electron chi connectivity index (χ3n) is 6.30. The monoisotopic (exact) mass is 386 g/mol. The Morgan fingerprint density at radius 1 is 0.759 bits per heavy atom. The summed E-state index contributed by atoms with van der Waals surface area (Å²) in [6, 6.07) is 14.6. The molecule has 2 atom stereocenters. The second-order valence-corrected chi connectivity index (χ2v) is 7.90. The van der Waals surface area contributed by atoms with E-state index in [1.807, 2.05) is 24.3 Å². The number of benzene rings is 2. The summed E-state index contributed by atoms with van der Waals surface area (Å²) in [4.78, 5) is 18.9. The van der Waals surface area contributed by atoms with Gasteiger partial charge in [-0.25, -0.2) is 9.97 Å². The molecule has 5 rings (SSSR count). The smallest absolute Gasteiger partial charge is 0.178 e. The van der Waals surface area contributed by atoms with E-state index in [4.69, 9.17) is 9.97 Å². The van der Waals surface area contributed by atoms with Gasteiger partial charge < -0.3 is 19.6 Å². The van der Waals surface area contributed by atoms with E-state index in [1.165, 1.54) is 16.9 Å². The number of nitrogens with zero attached hydrogens (tertiary/aromatic N) is 6. The lowest BCUT2D eigenvalue weighted by molar-refractivity contribution is 0.383. The summed E-state index contributed by atoms with van der Waals surface area (Å²) in [6.07, 6.45) is 4.69. The predicted octanol–water partition coefficient (Wildman–Crippen LogP) is 4.44. The number of hydrogen-bond donors (Lipinski definition) is 0. The van der Waals surface area contributed by atoms with Crippen molar-refractivity contribution in [1.29, 1.82) is 0 Å². The Morgan fingerprint density at radius 2 is 1.41 bits per heavy atom. The lowest BCUT2D eigenvalue weighted by Crippen LogP contribution is -2.37. The van der Waals surface area contributed by atoms with Crippen molar-refractivity contribution in [2.75, 3.05) is 28.8 Å². The highest BCUT2D eigenvalue weighted by Gasteiger charge is 2.36. The maximum absolute atomic E-state index is 5.00. The minimum Gasteiger partial charge on any atom is -0.359 e. The first kappa shape index (κ1) is 17.8. The molecule has 0 N–H and O–H groups in total. The van der Waals surface area contributed by atoms with Crippen LogP contribution in [0.1, 0.15) is 19.4 Å². The van der Waals surface area contributed by atoms with Crippen LogP contribution >= 0.6 is 0 Å². The maximum Gasteiger partial charge on any atom is 0.178 e. The van der Waals surface area contributed by atoms with Crippen LogP contribution in [-0.4, -0.2) is 41.3 Å². The Labute approximate surface area is 171 Å². The average molecular weight is 387 g/mol. The normalized spacial score (nSPS) is 20.9. The first-order valence-electron chi connectivity index (χ1n) is 10.0. The van der Waals surface area contributed by atoms with E-state index in [0.29, 0.717) is 6.17 Å². The molecule has 1 aromatic heterocycles. The third-order valence-corrected chi connectivity index (χ3v) is 6.30. The molecule has 0 saturated heterocycles. The molecular weight excluding hydrogens is 360 g/mol. The van der Waals surface area contributed by atoms with Crippen molar-refractivity contribution in [2.45, 2.75) is 33.1 Å². The number of rotatable bonds is 2. The number of anilines is 4. The SMILES string of the molecule is Cc1c(N2C=CN(C)[C@H]2C)cccc1N1c2nc3ccccc3nc2N(C)[C@@H]1C. The van der Waals surface area contributed by atoms with Gasteiger partial charge in [0, 0.05) is 37.9 Å². The van der Waals surface area contributed by atoms with Crippen LogP contribution in [0.2, 0.25) is 0 Å². The van der Waals surface area contributed by atoms with Crippen molar-refractivity contribution < 1.29 is 0 Å². The van der Waals surface area contributed by atoms with Gasteiger partial charge in [-0.2, -0.15) is 0 Å². The first-order valence-corrected chi connectivity index (χ1v) is 10.0. The zero-order chi connectivity index (χ0) is 20.3. The zero-order valence-corrected chi connectivity index (χ0v) is 17.5. The van der Waals surface area contributed by atoms with Crippen molar-refractivity contribution in [3.63, 3.8) is 0 Å². The molecule has 3 heterocycles. The van der Waals surface area contributed by atoms with Crippen LogP contribution in [0.15, 0.2) is 54.9 Å². The summed E-state index contributed by atoms with van der Waals surface area (Å²) < 4.78 is 0. The van der Waals surface area contributed by atoms with E-state index in [-0.39, 0.29) is 6.17 Å². The number of fused-ring (bicyclic) bond motifs is 2. The second-order valence-electron chi connectivity index (χ2n) is 7.90. The molecule has 6 heteroatoms. The van der Waals surface area contributed by atoms with Crippen LogP contribution in [0, 0.1) is 6.92 Å². The summed E-state index contributed by atoms with van der Waals surface area (Å²) in [6.45, 7) is 6.61. The molecule has 2 aromatic carbocycles. The van der Waals surface area contributed by atoms with Crippen molar-refractivity contribution in [2.24, 2.45) is 0 Å². The van der Waals surface area contributed by atoms with Crippen molar-refractivity contribution in [3.8, 4) is 0 Å². The third kappa shape index (κ3) is 2.55. The summed E-state index contributed by atoms with van der Waals surface area (Å²) in [5, 5.41) is 0. The average Bonchev–Trinajstić information content (AvgIpc) is 3.18. The summed E-state index contributed by atoms with van der Waals surface area (Å²) in [7, 11) is 4.20. The minimum absolute atomic E-state index is 0.130. The molecule has 2 aliphatic rings. The van der Waals surface area contributed by atoms with E-state index in [2.05, 4.69) is 85.1 Å². The van der Waals surface area contributed by atoms with E-state index < -0.39 is 0 Å². The van der Waals surface area contributed by atoms with Gasteiger partial charge in [-0.3, -0.25) is 0 Å². The van der Waals surface area contributed by atoms with Crippen LogP contribution < -0.4 is 14.7 Å². The Kier molecular flexibility index (Phi) is 3.91. The van der Waals surface area contributed by atoms with Gasteiger partial charge in [-0.1, -0.05) is 18.2 Å². The molecular formula is C23H26N6. The zero-order valence-electron chi connectivity index (χ0n) is 17.5. The van der Waals surface area contributed by atoms with Gasteiger partial charge >= 0.3 is 0 Å². The quantitative estimate of drug-likeness (QED) is 0.648. The molecule has 0 fully saturated rings. The summed E-state index contributed by atoms with van der Waals surface area (Å²) in [5.74, 6) is 1.84. The van der Waals surface area contributed by atoms with E-state index >= 15 is 0 Å². The number of aromatic nitrogens is 2. The molecule has 0 saturated carbocycles. The molecule has 0 bridgehead atoms. The van der Waals surface area contributed by atoms with Gasteiger partial charge in [0.15, 0.2) is 11.6 Å². The van der Waals surface area contributed by atoms with Gasteiger partial charge in [0.25, 0.3) is 0 Å². The lowest BCUT2D eigenvalue weighted by Gasteiger charge is -2.32. The van der Waals surface area contributed by atoms with Crippen molar-refractivity contribution >= 4 is 34.0 Å². The molecule has 0 amide bonds. The van der Waals surface area contributed by atoms with E-state index in [0.717, 1.165) is 22.7 Å². The minimum atomic E-state index is 0.130. The van der Waals surface area contributed by atoms with Crippen LogP contribution in [0.4, 0.5) is 23.0 Å². The fourth-order valence-electron chi connectivity index (χ4n) is 4.28. The summed E-state index contributed by atoms with van der Waals surface area (Å²) >= 11 is 0. The van der Waals surface area contributed by atoms with E-state index in [9.17, 15) is 0 Å². The summed E-state index contributed by atoms with van der Waals surface area (Å²) in [5.41, 5.74) is 5.47. The first-order chi connectivity index (χ1) is 14.0.